The molecule has 1 amide bonds. The third kappa shape index (κ3) is 6.16. The van der Waals surface area contributed by atoms with E-state index in [-0.39, 0.29) is 6.61 Å². The monoisotopic (exact) mass is 374 g/mol. The van der Waals surface area contributed by atoms with E-state index in [1.807, 2.05) is 18.2 Å². The van der Waals surface area contributed by atoms with Crippen molar-refractivity contribution < 1.29 is 24.1 Å². The maximum atomic E-state index is 11.3. The first-order valence-electron chi connectivity index (χ1n) is 8.66. The Bertz CT molecular complexity index is 751. The number of carbonyl (C=O) groups excluding carboxylic acids is 1. The Morgan fingerprint density at radius 1 is 1.11 bits per heavy atom. The van der Waals surface area contributed by atoms with Gasteiger partial charge in [-0.2, -0.15) is 0 Å². The number of methoxy groups -OCH3 is 2. The summed E-state index contributed by atoms with van der Waals surface area (Å²) in [6.07, 6.45) is 0.0645. The van der Waals surface area contributed by atoms with Crippen LogP contribution in [0.2, 0.25) is 0 Å². The van der Waals surface area contributed by atoms with Crippen molar-refractivity contribution in [3.05, 3.63) is 53.6 Å². The number of hydrogen-bond donors (Lipinski definition) is 3. The lowest BCUT2D eigenvalue weighted by Gasteiger charge is -2.15. The molecule has 0 radical (unpaired) electrons. The van der Waals surface area contributed by atoms with Crippen molar-refractivity contribution in [2.24, 2.45) is 5.73 Å². The Morgan fingerprint density at radius 2 is 1.85 bits per heavy atom. The molecule has 1 atom stereocenters. The number of amides is 1. The van der Waals surface area contributed by atoms with Crippen LogP contribution in [0.1, 0.15) is 15.9 Å². The van der Waals surface area contributed by atoms with Gasteiger partial charge in [0.1, 0.15) is 18.5 Å². The zero-order valence-electron chi connectivity index (χ0n) is 15.6. The van der Waals surface area contributed by atoms with Crippen LogP contribution in [0, 0.1) is 0 Å². The number of carbonyl (C=O) groups is 1. The Morgan fingerprint density at radius 3 is 2.56 bits per heavy atom. The highest BCUT2D eigenvalue weighted by atomic mass is 16.5. The van der Waals surface area contributed by atoms with Gasteiger partial charge in [0.15, 0.2) is 11.5 Å². The summed E-state index contributed by atoms with van der Waals surface area (Å²) >= 11 is 0. The number of nitrogens with two attached hydrogens (primary N) is 1. The van der Waals surface area contributed by atoms with Gasteiger partial charge in [0.25, 0.3) is 5.91 Å². The van der Waals surface area contributed by atoms with Crippen LogP contribution in [0.15, 0.2) is 42.5 Å². The minimum Gasteiger partial charge on any atom is -0.493 e. The molecule has 0 unspecified atom stereocenters. The van der Waals surface area contributed by atoms with Gasteiger partial charge in [0, 0.05) is 6.54 Å². The predicted molar refractivity (Wildman–Crippen MR) is 103 cm³/mol. The first kappa shape index (κ1) is 20.5. The topological polar surface area (TPSA) is 103 Å². The van der Waals surface area contributed by atoms with Gasteiger partial charge in [-0.3, -0.25) is 4.79 Å². The maximum Gasteiger partial charge on any atom is 0.252 e. The molecule has 0 saturated carbocycles. The molecule has 2 aromatic rings. The fourth-order valence-electron chi connectivity index (χ4n) is 2.58. The molecule has 0 spiro atoms. The lowest BCUT2D eigenvalue weighted by molar-refractivity contribution is 0.0964. The Kier molecular flexibility index (Phi) is 7.91. The normalized spacial score (nSPS) is 11.7. The molecule has 27 heavy (non-hydrogen) atoms. The quantitative estimate of drug-likeness (QED) is 0.514. The standard InChI is InChI=1S/C20H26N2O5/c1-25-18-8-7-14(11-19(18)26-2)9-10-22-12-15(23)13-27-17-6-4-3-5-16(17)20(21)24/h3-8,11,15,22-23H,9-10,12-13H2,1-2H3,(H2,21,24)/t15-/m1/s1. The second-order valence-corrected chi connectivity index (χ2v) is 5.97. The van der Waals surface area contributed by atoms with Crippen LogP contribution in [0.3, 0.4) is 0 Å². The average molecular weight is 374 g/mol. The van der Waals surface area contributed by atoms with Crippen molar-refractivity contribution in [2.45, 2.75) is 12.5 Å². The van der Waals surface area contributed by atoms with Gasteiger partial charge in [0.05, 0.1) is 19.8 Å². The summed E-state index contributed by atoms with van der Waals surface area (Å²) in [5.74, 6) is 1.19. The van der Waals surface area contributed by atoms with Crippen LogP contribution in [0.25, 0.3) is 0 Å². The Labute approximate surface area is 159 Å². The van der Waals surface area contributed by atoms with E-state index >= 15 is 0 Å². The summed E-state index contributed by atoms with van der Waals surface area (Å²) in [4.78, 5) is 11.3. The summed E-state index contributed by atoms with van der Waals surface area (Å²) in [5.41, 5.74) is 6.70. The van der Waals surface area contributed by atoms with Gasteiger partial charge in [-0.15, -0.1) is 0 Å². The molecule has 0 fully saturated rings. The average Bonchev–Trinajstić information content (AvgIpc) is 2.69. The van der Waals surface area contributed by atoms with Crippen molar-refractivity contribution >= 4 is 5.91 Å². The van der Waals surface area contributed by atoms with E-state index in [0.717, 1.165) is 12.0 Å². The van der Waals surface area contributed by atoms with Gasteiger partial charge in [-0.05, 0) is 42.8 Å². The van der Waals surface area contributed by atoms with Crippen molar-refractivity contribution in [2.75, 3.05) is 33.9 Å². The van der Waals surface area contributed by atoms with E-state index in [1.165, 1.54) is 0 Å². The predicted octanol–water partition coefficient (Wildman–Crippen LogP) is 1.37. The Balaban J connectivity index is 1.74. The van der Waals surface area contributed by atoms with E-state index in [9.17, 15) is 9.90 Å². The summed E-state index contributed by atoms with van der Waals surface area (Å²) in [6, 6.07) is 12.5. The van der Waals surface area contributed by atoms with E-state index in [2.05, 4.69) is 5.32 Å². The van der Waals surface area contributed by atoms with Gasteiger partial charge in [-0.25, -0.2) is 0 Å². The highest BCUT2D eigenvalue weighted by Gasteiger charge is 2.11. The Hall–Kier alpha value is -2.77. The van der Waals surface area contributed by atoms with Crippen molar-refractivity contribution in [1.82, 2.24) is 5.32 Å². The molecule has 0 bridgehead atoms. The molecule has 7 nitrogen and oxygen atoms in total. The summed E-state index contributed by atoms with van der Waals surface area (Å²) in [6.45, 7) is 1.12. The van der Waals surface area contributed by atoms with E-state index in [4.69, 9.17) is 19.9 Å². The first-order chi connectivity index (χ1) is 13.0. The van der Waals surface area contributed by atoms with Gasteiger partial charge < -0.3 is 30.4 Å². The number of benzene rings is 2. The van der Waals surface area contributed by atoms with Crippen LogP contribution in [0.5, 0.6) is 17.2 Å². The third-order valence-electron chi connectivity index (χ3n) is 4.00. The van der Waals surface area contributed by atoms with Gasteiger partial charge in [-0.1, -0.05) is 18.2 Å². The molecule has 4 N–H and O–H groups in total. The number of ether oxygens (including phenoxy) is 3. The molecule has 146 valence electrons. The van der Waals surface area contributed by atoms with Crippen LogP contribution in [-0.4, -0.2) is 51.0 Å². The maximum absolute atomic E-state index is 11.3. The van der Waals surface area contributed by atoms with Crippen molar-refractivity contribution in [3.8, 4) is 17.2 Å². The zero-order valence-corrected chi connectivity index (χ0v) is 15.6. The molecule has 7 heteroatoms. The number of aliphatic hydroxyl groups excluding tert-OH is 1. The minimum atomic E-state index is -0.712. The van der Waals surface area contributed by atoms with Crippen LogP contribution >= 0.6 is 0 Å². The lowest BCUT2D eigenvalue weighted by atomic mass is 10.1. The molecule has 0 aliphatic carbocycles. The molecule has 0 aromatic heterocycles. The molecule has 0 aliphatic heterocycles. The molecule has 2 rings (SSSR count). The second-order valence-electron chi connectivity index (χ2n) is 5.97. The fraction of sp³-hybridized carbons (Fsp3) is 0.350. The summed E-state index contributed by atoms with van der Waals surface area (Å²) < 4.78 is 16.0. The molecule has 0 aliphatic rings. The molecular weight excluding hydrogens is 348 g/mol. The SMILES string of the molecule is COc1ccc(CCNC[C@@H](O)COc2ccccc2C(N)=O)cc1OC. The molecule has 0 saturated heterocycles. The van der Waals surface area contributed by atoms with Gasteiger partial charge in [0.2, 0.25) is 0 Å². The van der Waals surface area contributed by atoms with E-state index in [0.29, 0.717) is 35.9 Å². The number of aliphatic hydroxyl groups is 1. The smallest absolute Gasteiger partial charge is 0.252 e. The molecule has 0 heterocycles. The minimum absolute atomic E-state index is 0.0631. The fourth-order valence-corrected chi connectivity index (χ4v) is 2.58. The van der Waals surface area contributed by atoms with Crippen molar-refractivity contribution in [3.63, 3.8) is 0 Å². The van der Waals surface area contributed by atoms with Crippen molar-refractivity contribution in [1.29, 1.82) is 0 Å². The number of nitrogens with one attached hydrogen (secondary N) is 1. The second kappa shape index (κ2) is 10.4. The largest absolute Gasteiger partial charge is 0.493 e. The van der Waals surface area contributed by atoms with Gasteiger partial charge >= 0.3 is 0 Å². The van der Waals surface area contributed by atoms with E-state index < -0.39 is 12.0 Å². The summed E-state index contributed by atoms with van der Waals surface area (Å²) in [7, 11) is 3.21. The third-order valence-corrected chi connectivity index (χ3v) is 4.00. The highest BCUT2D eigenvalue weighted by molar-refractivity contribution is 5.95. The first-order valence-corrected chi connectivity index (χ1v) is 8.66. The highest BCUT2D eigenvalue weighted by Crippen LogP contribution is 2.27. The molecule has 2 aromatic carbocycles. The molecular formula is C20H26N2O5. The summed E-state index contributed by atoms with van der Waals surface area (Å²) in [5, 5.41) is 13.2. The number of primary amides is 1. The van der Waals surface area contributed by atoms with Crippen LogP contribution in [0.4, 0.5) is 0 Å². The lowest BCUT2D eigenvalue weighted by Crippen LogP contribution is -2.32. The zero-order chi connectivity index (χ0) is 19.6. The number of para-hydroxylation sites is 1. The number of rotatable bonds is 11. The van der Waals surface area contributed by atoms with Crippen LogP contribution in [-0.2, 0) is 6.42 Å². The van der Waals surface area contributed by atoms with Crippen LogP contribution < -0.4 is 25.3 Å². The van der Waals surface area contributed by atoms with E-state index in [1.54, 1.807) is 38.5 Å². The number of hydrogen-bond acceptors (Lipinski definition) is 6.